The maximum absolute atomic E-state index is 5.70. The molecule has 0 bridgehead atoms. The molecule has 0 nitrogen and oxygen atoms in total. The van der Waals surface area contributed by atoms with Crippen LogP contribution in [0, 0.1) is 0 Å². The summed E-state index contributed by atoms with van der Waals surface area (Å²) in [5, 5.41) is 2.56. The molecule has 0 spiro atoms. The zero-order chi connectivity index (χ0) is 6.85. The van der Waals surface area contributed by atoms with Crippen molar-refractivity contribution in [1.82, 2.24) is 0 Å². The molecule has 1 aromatic rings. The maximum Gasteiger partial charge on any atom is 0.0592 e. The Hall–Kier alpha value is 0.0169. The van der Waals surface area contributed by atoms with Gasteiger partial charge in [0.25, 0.3) is 0 Å². The molecule has 9 heavy (non-hydrogen) atoms. The van der Waals surface area contributed by atoms with Crippen molar-refractivity contribution in [3.8, 4) is 0 Å². The summed E-state index contributed by atoms with van der Waals surface area (Å²) in [5.74, 6) is 0. The van der Waals surface area contributed by atoms with Crippen LogP contribution in [0.2, 0.25) is 10.0 Å². The summed E-state index contributed by atoms with van der Waals surface area (Å²) < 4.78 is 0. The smallest absolute Gasteiger partial charge is 0.0592 e. The number of hydrogen-bond acceptors (Lipinski definition) is 0. The highest BCUT2D eigenvalue weighted by atomic mass is 35.5. The monoisotopic (exact) mass is 176 g/mol. The fraction of sp³-hybridized carbons (Fsp3) is 0. The molecule has 1 aromatic carbocycles. The third-order valence-corrected chi connectivity index (χ3v) is 2.44. The lowest BCUT2D eigenvalue weighted by Crippen LogP contribution is -1.99. The Kier molecular flexibility index (Phi) is 2.16. The van der Waals surface area contributed by atoms with Crippen LogP contribution in [0.4, 0.5) is 0 Å². The van der Waals surface area contributed by atoms with E-state index in [1.165, 1.54) is 5.19 Å². The van der Waals surface area contributed by atoms with Crippen LogP contribution in [0.15, 0.2) is 18.2 Å². The van der Waals surface area contributed by atoms with Crippen molar-refractivity contribution in [2.75, 3.05) is 0 Å². The lowest BCUT2D eigenvalue weighted by Gasteiger charge is -1.94. The number of rotatable bonds is 0. The fourth-order valence-electron chi connectivity index (χ4n) is 0.601. The van der Waals surface area contributed by atoms with E-state index in [-0.39, 0.29) is 0 Å². The molecule has 0 aliphatic heterocycles. The first kappa shape index (κ1) is 7.13. The van der Waals surface area contributed by atoms with Crippen molar-refractivity contribution in [3.05, 3.63) is 28.2 Å². The molecular weight excluding hydrogens is 171 g/mol. The molecule has 0 atom stereocenters. The minimum Gasteiger partial charge on any atom is -0.0827 e. The fourth-order valence-corrected chi connectivity index (χ4v) is 1.59. The van der Waals surface area contributed by atoms with E-state index in [0.717, 1.165) is 10.2 Å². The average Bonchev–Trinajstić information content (AvgIpc) is 1.80. The molecular formula is C6H6Cl2Si. The van der Waals surface area contributed by atoms with Crippen molar-refractivity contribution in [2.24, 2.45) is 0 Å². The van der Waals surface area contributed by atoms with Gasteiger partial charge in [-0.15, -0.1) is 0 Å². The molecule has 0 aromatic heterocycles. The van der Waals surface area contributed by atoms with Crippen molar-refractivity contribution in [2.45, 2.75) is 0 Å². The van der Waals surface area contributed by atoms with Gasteiger partial charge in [0.2, 0.25) is 0 Å². The molecule has 0 fully saturated rings. The van der Waals surface area contributed by atoms with E-state index < -0.39 is 0 Å². The second-order valence-electron chi connectivity index (χ2n) is 1.92. The highest BCUT2D eigenvalue weighted by Crippen LogP contribution is 2.18. The first-order valence-corrected chi connectivity index (χ1v) is 4.37. The summed E-state index contributed by atoms with van der Waals surface area (Å²) in [5.41, 5.74) is 0. The minimum atomic E-state index is 0.635. The average molecular weight is 177 g/mol. The molecule has 0 radical (unpaired) electrons. The van der Waals surface area contributed by atoms with Gasteiger partial charge in [-0.05, 0) is 12.1 Å². The molecule has 0 N–H and O–H groups in total. The van der Waals surface area contributed by atoms with Crippen molar-refractivity contribution in [3.63, 3.8) is 0 Å². The quantitative estimate of drug-likeness (QED) is 0.518. The van der Waals surface area contributed by atoms with E-state index in [9.17, 15) is 0 Å². The zero-order valence-electron chi connectivity index (χ0n) is 4.99. The van der Waals surface area contributed by atoms with Gasteiger partial charge in [0, 0.05) is 10.2 Å². The predicted octanol–water partition coefficient (Wildman–Crippen LogP) is 0.984. The van der Waals surface area contributed by atoms with Crippen molar-refractivity contribution >= 4 is 38.6 Å². The third kappa shape index (κ3) is 1.71. The zero-order valence-corrected chi connectivity index (χ0v) is 8.50. The lowest BCUT2D eigenvalue weighted by atomic mass is 10.4. The van der Waals surface area contributed by atoms with Crippen LogP contribution < -0.4 is 5.19 Å². The Morgan fingerprint density at radius 2 is 1.78 bits per heavy atom. The Morgan fingerprint density at radius 1 is 1.11 bits per heavy atom. The third-order valence-electron chi connectivity index (χ3n) is 1.08. The van der Waals surface area contributed by atoms with E-state index in [2.05, 4.69) is 0 Å². The summed E-state index contributed by atoms with van der Waals surface area (Å²) in [4.78, 5) is 0. The lowest BCUT2D eigenvalue weighted by molar-refractivity contribution is 1.76. The van der Waals surface area contributed by atoms with E-state index in [0.29, 0.717) is 10.0 Å². The van der Waals surface area contributed by atoms with E-state index >= 15 is 0 Å². The van der Waals surface area contributed by atoms with Crippen LogP contribution in [-0.4, -0.2) is 10.2 Å². The maximum atomic E-state index is 5.70. The van der Waals surface area contributed by atoms with Crippen LogP contribution in [-0.2, 0) is 0 Å². The Morgan fingerprint density at radius 3 is 2.22 bits per heavy atom. The molecule has 0 heterocycles. The van der Waals surface area contributed by atoms with Crippen LogP contribution in [0.25, 0.3) is 0 Å². The second kappa shape index (κ2) is 2.73. The molecule has 0 unspecified atom stereocenters. The topological polar surface area (TPSA) is 0 Å². The number of benzene rings is 1. The second-order valence-corrected chi connectivity index (χ2v) is 3.89. The summed E-state index contributed by atoms with van der Waals surface area (Å²) in [6.07, 6.45) is 0. The van der Waals surface area contributed by atoms with Gasteiger partial charge in [-0.2, -0.15) is 0 Å². The first-order chi connectivity index (χ1) is 4.20. The Bertz CT molecular complexity index is 222. The molecule has 0 amide bonds. The van der Waals surface area contributed by atoms with Crippen LogP contribution in [0.3, 0.4) is 0 Å². The van der Waals surface area contributed by atoms with Crippen LogP contribution in [0.1, 0.15) is 0 Å². The van der Waals surface area contributed by atoms with Gasteiger partial charge in [0.15, 0.2) is 0 Å². The SMILES string of the molecule is [SiH3]c1ccc(Cl)c(Cl)c1. The standard InChI is InChI=1S/C6H6Cl2Si/c7-5-2-1-4(9)3-6(5)8/h1-3H,9H3. The van der Waals surface area contributed by atoms with Crippen molar-refractivity contribution < 1.29 is 0 Å². The number of hydrogen-bond donors (Lipinski definition) is 0. The molecule has 0 aliphatic carbocycles. The van der Waals surface area contributed by atoms with Gasteiger partial charge in [-0.25, -0.2) is 0 Å². The highest BCUT2D eigenvalue weighted by Gasteiger charge is 1.93. The van der Waals surface area contributed by atoms with Gasteiger partial charge in [0.05, 0.1) is 10.0 Å². The highest BCUT2D eigenvalue weighted by molar-refractivity contribution is 6.43. The van der Waals surface area contributed by atoms with E-state index in [1.807, 2.05) is 18.2 Å². The minimum absolute atomic E-state index is 0.635. The van der Waals surface area contributed by atoms with Gasteiger partial charge >= 0.3 is 0 Å². The van der Waals surface area contributed by atoms with Gasteiger partial charge in [-0.1, -0.05) is 34.5 Å². The van der Waals surface area contributed by atoms with Crippen molar-refractivity contribution in [1.29, 1.82) is 0 Å². The largest absolute Gasteiger partial charge is 0.0827 e. The predicted molar refractivity (Wildman–Crippen MR) is 46.0 cm³/mol. The normalized spacial score (nSPS) is 10.0. The number of halogens is 2. The molecule has 0 saturated carbocycles. The summed E-state index contributed by atoms with van der Waals surface area (Å²) in [6.45, 7) is 0. The van der Waals surface area contributed by atoms with Gasteiger partial charge in [0.1, 0.15) is 0 Å². The molecule has 3 heteroatoms. The van der Waals surface area contributed by atoms with E-state index in [4.69, 9.17) is 23.2 Å². The molecule has 0 saturated heterocycles. The summed E-state index contributed by atoms with van der Waals surface area (Å²) in [7, 11) is 1.03. The first-order valence-electron chi connectivity index (χ1n) is 2.62. The summed E-state index contributed by atoms with van der Waals surface area (Å²) in [6, 6.07) is 5.71. The van der Waals surface area contributed by atoms with Crippen LogP contribution in [0.5, 0.6) is 0 Å². The molecule has 0 aliphatic rings. The van der Waals surface area contributed by atoms with Gasteiger partial charge in [-0.3, -0.25) is 0 Å². The van der Waals surface area contributed by atoms with E-state index in [1.54, 1.807) is 0 Å². The Labute approximate surface area is 67.2 Å². The van der Waals surface area contributed by atoms with Gasteiger partial charge < -0.3 is 0 Å². The summed E-state index contributed by atoms with van der Waals surface area (Å²) >= 11 is 11.4. The molecule has 1 rings (SSSR count). The Balaban J connectivity index is 3.17. The molecule has 48 valence electrons. The van der Waals surface area contributed by atoms with Crippen LogP contribution >= 0.6 is 23.2 Å².